The second-order valence-corrected chi connectivity index (χ2v) is 5.14. The molecule has 102 valence electrons. The Morgan fingerprint density at radius 3 is 2.56 bits per heavy atom. The molecular formula is C16H28N2. The second-order valence-electron chi connectivity index (χ2n) is 5.14. The Morgan fingerprint density at radius 2 is 2.00 bits per heavy atom. The van der Waals surface area contributed by atoms with E-state index in [1.54, 1.807) is 0 Å². The summed E-state index contributed by atoms with van der Waals surface area (Å²) >= 11 is 0. The van der Waals surface area contributed by atoms with E-state index in [2.05, 4.69) is 50.8 Å². The molecule has 0 saturated heterocycles. The third kappa shape index (κ3) is 3.74. The number of anilines is 1. The van der Waals surface area contributed by atoms with Crippen molar-refractivity contribution in [2.75, 3.05) is 11.4 Å². The molecule has 0 fully saturated rings. The Hall–Kier alpha value is -1.02. The zero-order valence-electron chi connectivity index (χ0n) is 12.4. The molecule has 1 aromatic carbocycles. The minimum atomic E-state index is 0.573. The Labute approximate surface area is 112 Å². The minimum absolute atomic E-state index is 0.573. The van der Waals surface area contributed by atoms with Gasteiger partial charge in [0, 0.05) is 24.8 Å². The second kappa shape index (κ2) is 7.42. The number of rotatable bonds is 7. The van der Waals surface area contributed by atoms with Gasteiger partial charge in [-0.2, -0.15) is 0 Å². The van der Waals surface area contributed by atoms with Crippen molar-refractivity contribution in [3.05, 3.63) is 29.3 Å². The van der Waals surface area contributed by atoms with Gasteiger partial charge in [-0.25, -0.2) is 0 Å². The maximum Gasteiger partial charge on any atom is 0.0416 e. The summed E-state index contributed by atoms with van der Waals surface area (Å²) < 4.78 is 0. The van der Waals surface area contributed by atoms with Crippen molar-refractivity contribution in [3.8, 4) is 0 Å². The molecule has 1 atom stereocenters. The number of hydrogen-bond acceptors (Lipinski definition) is 2. The molecule has 2 nitrogen and oxygen atoms in total. The standard InChI is InChI=1S/C16H28N2/c1-5-7-10-18(14(4)6-2)16-11-13(3)8-9-15(16)12-17/h8-9,11,14H,5-7,10,12,17H2,1-4H3. The molecule has 1 rings (SSSR count). The largest absolute Gasteiger partial charge is 0.369 e. The van der Waals surface area contributed by atoms with Gasteiger partial charge in [0.15, 0.2) is 0 Å². The fraction of sp³-hybridized carbons (Fsp3) is 0.625. The molecule has 0 aliphatic rings. The van der Waals surface area contributed by atoms with Crippen molar-refractivity contribution in [1.82, 2.24) is 0 Å². The lowest BCUT2D eigenvalue weighted by molar-refractivity contribution is 0.593. The Kier molecular flexibility index (Phi) is 6.20. The lowest BCUT2D eigenvalue weighted by Crippen LogP contribution is -2.34. The highest BCUT2D eigenvalue weighted by molar-refractivity contribution is 5.56. The van der Waals surface area contributed by atoms with E-state index in [-0.39, 0.29) is 0 Å². The van der Waals surface area contributed by atoms with E-state index in [9.17, 15) is 0 Å². The summed E-state index contributed by atoms with van der Waals surface area (Å²) in [6, 6.07) is 7.18. The van der Waals surface area contributed by atoms with Crippen LogP contribution in [0, 0.1) is 6.92 Å². The fourth-order valence-corrected chi connectivity index (χ4v) is 2.24. The first kappa shape index (κ1) is 15.0. The molecule has 0 aliphatic carbocycles. The Morgan fingerprint density at radius 1 is 1.28 bits per heavy atom. The first-order chi connectivity index (χ1) is 8.63. The molecule has 0 heterocycles. The van der Waals surface area contributed by atoms with E-state index in [0.717, 1.165) is 6.54 Å². The third-order valence-electron chi connectivity index (χ3n) is 3.65. The maximum atomic E-state index is 5.88. The highest BCUT2D eigenvalue weighted by Gasteiger charge is 2.15. The van der Waals surface area contributed by atoms with Crippen LogP contribution in [0.2, 0.25) is 0 Å². The topological polar surface area (TPSA) is 29.3 Å². The van der Waals surface area contributed by atoms with Gasteiger partial charge in [0.05, 0.1) is 0 Å². The maximum absolute atomic E-state index is 5.88. The summed E-state index contributed by atoms with van der Waals surface area (Å²) in [6.07, 6.45) is 3.64. The van der Waals surface area contributed by atoms with Gasteiger partial charge >= 0.3 is 0 Å². The summed E-state index contributed by atoms with van der Waals surface area (Å²) in [4.78, 5) is 2.53. The molecule has 0 bridgehead atoms. The molecule has 0 radical (unpaired) electrons. The molecule has 0 saturated carbocycles. The van der Waals surface area contributed by atoms with Gasteiger partial charge < -0.3 is 10.6 Å². The van der Waals surface area contributed by atoms with Crippen LogP contribution in [0.1, 0.15) is 51.2 Å². The highest BCUT2D eigenvalue weighted by Crippen LogP contribution is 2.25. The zero-order chi connectivity index (χ0) is 13.5. The normalized spacial score (nSPS) is 12.5. The number of aryl methyl sites for hydroxylation is 1. The van der Waals surface area contributed by atoms with Gasteiger partial charge in [-0.15, -0.1) is 0 Å². The zero-order valence-corrected chi connectivity index (χ0v) is 12.4. The molecular weight excluding hydrogens is 220 g/mol. The summed E-state index contributed by atoms with van der Waals surface area (Å²) in [6.45, 7) is 10.7. The molecule has 1 aromatic rings. The van der Waals surface area contributed by atoms with Crippen molar-refractivity contribution in [3.63, 3.8) is 0 Å². The minimum Gasteiger partial charge on any atom is -0.369 e. The first-order valence-corrected chi connectivity index (χ1v) is 7.20. The summed E-state index contributed by atoms with van der Waals surface area (Å²) in [5.41, 5.74) is 9.79. The molecule has 1 unspecified atom stereocenters. The number of nitrogens with two attached hydrogens (primary N) is 1. The SMILES string of the molecule is CCCCN(c1cc(C)ccc1CN)C(C)CC. The van der Waals surface area contributed by atoms with E-state index in [4.69, 9.17) is 5.73 Å². The van der Waals surface area contributed by atoms with E-state index >= 15 is 0 Å². The first-order valence-electron chi connectivity index (χ1n) is 7.20. The molecule has 0 spiro atoms. The van der Waals surface area contributed by atoms with Crippen LogP contribution in [0.5, 0.6) is 0 Å². The van der Waals surface area contributed by atoms with Crippen molar-refractivity contribution >= 4 is 5.69 Å². The fourth-order valence-electron chi connectivity index (χ4n) is 2.24. The number of hydrogen-bond donors (Lipinski definition) is 1. The van der Waals surface area contributed by atoms with Crippen LogP contribution in [0.3, 0.4) is 0 Å². The lowest BCUT2D eigenvalue weighted by atomic mass is 10.1. The Balaban J connectivity index is 3.05. The lowest BCUT2D eigenvalue weighted by Gasteiger charge is -2.32. The summed E-state index contributed by atoms with van der Waals surface area (Å²) in [7, 11) is 0. The predicted molar refractivity (Wildman–Crippen MR) is 81.1 cm³/mol. The monoisotopic (exact) mass is 248 g/mol. The molecule has 0 aromatic heterocycles. The predicted octanol–water partition coefficient (Wildman–Crippen LogP) is 3.86. The van der Waals surface area contributed by atoms with Gasteiger partial charge in [-0.3, -0.25) is 0 Å². The van der Waals surface area contributed by atoms with Gasteiger partial charge in [0.25, 0.3) is 0 Å². The van der Waals surface area contributed by atoms with E-state index in [0.29, 0.717) is 12.6 Å². The van der Waals surface area contributed by atoms with Crippen LogP contribution < -0.4 is 10.6 Å². The molecule has 0 amide bonds. The van der Waals surface area contributed by atoms with Crippen LogP contribution in [0.4, 0.5) is 5.69 Å². The average molecular weight is 248 g/mol. The number of nitrogens with zero attached hydrogens (tertiary/aromatic N) is 1. The molecule has 0 aliphatic heterocycles. The van der Waals surface area contributed by atoms with Crippen LogP contribution >= 0.6 is 0 Å². The van der Waals surface area contributed by atoms with Crippen LogP contribution in [-0.2, 0) is 6.54 Å². The Bertz CT molecular complexity index is 360. The van der Waals surface area contributed by atoms with Crippen molar-refractivity contribution in [2.45, 2.75) is 59.5 Å². The van der Waals surface area contributed by atoms with Gasteiger partial charge in [0.1, 0.15) is 0 Å². The highest BCUT2D eigenvalue weighted by atomic mass is 15.2. The van der Waals surface area contributed by atoms with Crippen molar-refractivity contribution in [2.24, 2.45) is 5.73 Å². The van der Waals surface area contributed by atoms with Crippen LogP contribution in [0.25, 0.3) is 0 Å². The van der Waals surface area contributed by atoms with Crippen molar-refractivity contribution in [1.29, 1.82) is 0 Å². The van der Waals surface area contributed by atoms with Crippen molar-refractivity contribution < 1.29 is 0 Å². The molecule has 2 N–H and O–H groups in total. The van der Waals surface area contributed by atoms with Gasteiger partial charge in [-0.1, -0.05) is 32.4 Å². The van der Waals surface area contributed by atoms with E-state index in [1.807, 2.05) is 0 Å². The number of unbranched alkanes of at least 4 members (excludes halogenated alkanes) is 1. The smallest absolute Gasteiger partial charge is 0.0416 e. The van der Waals surface area contributed by atoms with E-state index in [1.165, 1.54) is 36.1 Å². The van der Waals surface area contributed by atoms with Crippen LogP contribution in [0.15, 0.2) is 18.2 Å². The van der Waals surface area contributed by atoms with Gasteiger partial charge in [-0.05, 0) is 43.9 Å². The summed E-state index contributed by atoms with van der Waals surface area (Å²) in [5, 5.41) is 0. The quantitative estimate of drug-likeness (QED) is 0.794. The average Bonchev–Trinajstić information content (AvgIpc) is 2.39. The summed E-state index contributed by atoms with van der Waals surface area (Å²) in [5.74, 6) is 0. The van der Waals surface area contributed by atoms with Gasteiger partial charge in [0.2, 0.25) is 0 Å². The number of benzene rings is 1. The molecule has 2 heteroatoms. The third-order valence-corrected chi connectivity index (χ3v) is 3.65. The molecule has 18 heavy (non-hydrogen) atoms. The van der Waals surface area contributed by atoms with Crippen LogP contribution in [-0.4, -0.2) is 12.6 Å². The van der Waals surface area contributed by atoms with E-state index < -0.39 is 0 Å².